The molecule has 1 aromatic heterocycles. The highest BCUT2D eigenvalue weighted by Crippen LogP contribution is 2.20. The van der Waals surface area contributed by atoms with Gasteiger partial charge in [0.05, 0.1) is 19.2 Å². The fourth-order valence-corrected chi connectivity index (χ4v) is 3.44. The first kappa shape index (κ1) is 19.5. The van der Waals surface area contributed by atoms with Crippen LogP contribution in [0.4, 0.5) is 5.69 Å². The number of para-hydroxylation sites is 1. The molecule has 5 nitrogen and oxygen atoms in total. The van der Waals surface area contributed by atoms with Gasteiger partial charge in [0.1, 0.15) is 12.3 Å². The molecule has 0 unspecified atom stereocenters. The van der Waals surface area contributed by atoms with Crippen LogP contribution in [0.25, 0.3) is 10.8 Å². The smallest absolute Gasteiger partial charge is 0.244 e. The standard InChI is InChI=1S/C25H22N2O3/c28-24(26-21-11-2-1-3-12-21)18-27(17-22-13-7-15-30-22)25(29)16-20-10-6-9-19-8-4-5-14-23(19)20/h1-15H,16-18H2,(H,26,28). The predicted molar refractivity (Wildman–Crippen MR) is 117 cm³/mol. The molecular formula is C25H22N2O3. The predicted octanol–water partition coefficient (Wildman–Crippen LogP) is 4.64. The van der Waals surface area contributed by atoms with E-state index in [0.29, 0.717) is 11.4 Å². The van der Waals surface area contributed by atoms with Gasteiger partial charge in [0.2, 0.25) is 11.8 Å². The third-order valence-electron chi connectivity index (χ3n) is 4.89. The average Bonchev–Trinajstić information content (AvgIpc) is 3.27. The quantitative estimate of drug-likeness (QED) is 0.493. The van der Waals surface area contributed by atoms with Crippen LogP contribution in [0.15, 0.2) is 95.6 Å². The summed E-state index contributed by atoms with van der Waals surface area (Å²) in [6, 6.07) is 26.7. The summed E-state index contributed by atoms with van der Waals surface area (Å²) in [6.45, 7) is 0.179. The summed E-state index contributed by atoms with van der Waals surface area (Å²) in [5.41, 5.74) is 1.63. The van der Waals surface area contributed by atoms with Crippen molar-refractivity contribution in [2.75, 3.05) is 11.9 Å². The SMILES string of the molecule is O=C(CN(Cc1ccco1)C(=O)Cc1cccc2ccccc12)Nc1ccccc1. The van der Waals surface area contributed by atoms with Gasteiger partial charge in [-0.25, -0.2) is 0 Å². The van der Waals surface area contributed by atoms with Gasteiger partial charge in [-0.05, 0) is 40.6 Å². The number of benzene rings is 3. The van der Waals surface area contributed by atoms with Crippen LogP contribution in [0.2, 0.25) is 0 Å². The van der Waals surface area contributed by atoms with Gasteiger partial charge in [0.15, 0.2) is 0 Å². The van der Waals surface area contributed by atoms with E-state index < -0.39 is 0 Å². The highest BCUT2D eigenvalue weighted by Gasteiger charge is 2.20. The van der Waals surface area contributed by atoms with Crippen LogP contribution in [-0.4, -0.2) is 23.3 Å². The summed E-state index contributed by atoms with van der Waals surface area (Å²) < 4.78 is 5.41. The number of carbonyl (C=O) groups excluding carboxylic acids is 2. The van der Waals surface area contributed by atoms with Crippen LogP contribution >= 0.6 is 0 Å². The Bertz CT molecular complexity index is 1130. The summed E-state index contributed by atoms with van der Waals surface area (Å²) in [6.07, 6.45) is 1.77. The molecule has 1 N–H and O–H groups in total. The van der Waals surface area contributed by atoms with Crippen LogP contribution in [0.1, 0.15) is 11.3 Å². The molecule has 4 aromatic rings. The first-order valence-corrected chi connectivity index (χ1v) is 9.81. The Morgan fingerprint density at radius 1 is 0.833 bits per heavy atom. The van der Waals surface area contributed by atoms with Crippen LogP contribution in [0, 0.1) is 0 Å². The molecule has 0 saturated carbocycles. The molecule has 3 aromatic carbocycles. The van der Waals surface area contributed by atoms with E-state index in [4.69, 9.17) is 4.42 Å². The summed E-state index contributed by atoms with van der Waals surface area (Å²) in [4.78, 5) is 27.3. The molecule has 0 aliphatic heterocycles. The van der Waals surface area contributed by atoms with E-state index in [1.165, 1.54) is 4.90 Å². The Hall–Kier alpha value is -3.86. The van der Waals surface area contributed by atoms with Gasteiger partial charge in [-0.3, -0.25) is 9.59 Å². The van der Waals surface area contributed by atoms with Gasteiger partial charge in [-0.1, -0.05) is 60.7 Å². The topological polar surface area (TPSA) is 62.6 Å². The van der Waals surface area contributed by atoms with E-state index >= 15 is 0 Å². The zero-order chi connectivity index (χ0) is 20.8. The number of nitrogens with zero attached hydrogens (tertiary/aromatic N) is 1. The molecule has 0 aliphatic rings. The number of hydrogen-bond acceptors (Lipinski definition) is 3. The summed E-state index contributed by atoms with van der Waals surface area (Å²) >= 11 is 0. The lowest BCUT2D eigenvalue weighted by atomic mass is 10.0. The van der Waals surface area contributed by atoms with Gasteiger partial charge in [-0.2, -0.15) is 0 Å². The van der Waals surface area contributed by atoms with Gasteiger partial charge in [0, 0.05) is 5.69 Å². The Kier molecular flexibility index (Phi) is 5.90. The van der Waals surface area contributed by atoms with Crippen LogP contribution in [0.5, 0.6) is 0 Å². The van der Waals surface area contributed by atoms with Crippen LogP contribution < -0.4 is 5.32 Å². The number of fused-ring (bicyclic) bond motifs is 1. The zero-order valence-corrected chi connectivity index (χ0v) is 16.5. The largest absolute Gasteiger partial charge is 0.467 e. The maximum absolute atomic E-state index is 13.2. The molecule has 2 amide bonds. The number of nitrogens with one attached hydrogen (secondary N) is 1. The normalized spacial score (nSPS) is 10.7. The minimum atomic E-state index is -0.251. The fraction of sp³-hybridized carbons (Fsp3) is 0.120. The molecule has 5 heteroatoms. The maximum atomic E-state index is 13.2. The highest BCUT2D eigenvalue weighted by atomic mass is 16.3. The maximum Gasteiger partial charge on any atom is 0.244 e. The van der Waals surface area contributed by atoms with Crippen molar-refractivity contribution in [2.45, 2.75) is 13.0 Å². The number of rotatable bonds is 7. The molecule has 0 fully saturated rings. The van der Waals surface area contributed by atoms with E-state index in [1.54, 1.807) is 18.4 Å². The van der Waals surface area contributed by atoms with E-state index in [9.17, 15) is 9.59 Å². The van der Waals surface area contributed by atoms with E-state index in [2.05, 4.69) is 5.32 Å². The fourth-order valence-electron chi connectivity index (χ4n) is 3.44. The van der Waals surface area contributed by atoms with Crippen molar-refractivity contribution in [3.8, 4) is 0 Å². The number of furan rings is 1. The minimum absolute atomic E-state index is 0.0564. The molecule has 0 saturated heterocycles. The number of hydrogen-bond donors (Lipinski definition) is 1. The molecule has 1 heterocycles. The molecule has 0 aliphatic carbocycles. The highest BCUT2D eigenvalue weighted by molar-refractivity contribution is 5.95. The first-order valence-electron chi connectivity index (χ1n) is 9.81. The lowest BCUT2D eigenvalue weighted by Crippen LogP contribution is -2.38. The van der Waals surface area contributed by atoms with E-state index in [1.807, 2.05) is 72.8 Å². The lowest BCUT2D eigenvalue weighted by Gasteiger charge is -2.22. The van der Waals surface area contributed by atoms with Crippen molar-refractivity contribution >= 4 is 28.3 Å². The summed E-state index contributed by atoms with van der Waals surface area (Å²) in [5.74, 6) is 0.249. The van der Waals surface area contributed by atoms with Crippen molar-refractivity contribution in [2.24, 2.45) is 0 Å². The third-order valence-corrected chi connectivity index (χ3v) is 4.89. The molecule has 0 bridgehead atoms. The Morgan fingerprint density at radius 3 is 2.40 bits per heavy atom. The number of carbonyl (C=O) groups is 2. The van der Waals surface area contributed by atoms with Crippen molar-refractivity contribution < 1.29 is 14.0 Å². The molecule has 0 radical (unpaired) electrons. The first-order chi connectivity index (χ1) is 14.7. The second-order valence-corrected chi connectivity index (χ2v) is 7.06. The van der Waals surface area contributed by atoms with E-state index in [-0.39, 0.29) is 31.3 Å². The number of anilines is 1. The monoisotopic (exact) mass is 398 g/mol. The number of amides is 2. The van der Waals surface area contributed by atoms with Crippen LogP contribution in [0.3, 0.4) is 0 Å². The Labute approximate surface area is 174 Å². The van der Waals surface area contributed by atoms with Crippen molar-refractivity contribution in [3.05, 3.63) is 103 Å². The molecule has 0 spiro atoms. The lowest BCUT2D eigenvalue weighted by molar-refractivity contribution is -0.134. The Balaban J connectivity index is 1.52. The average molecular weight is 398 g/mol. The van der Waals surface area contributed by atoms with Crippen LogP contribution in [-0.2, 0) is 22.6 Å². The zero-order valence-electron chi connectivity index (χ0n) is 16.5. The van der Waals surface area contributed by atoms with E-state index in [0.717, 1.165) is 16.3 Å². The minimum Gasteiger partial charge on any atom is -0.467 e. The second kappa shape index (κ2) is 9.09. The molecule has 4 rings (SSSR count). The summed E-state index contributed by atoms with van der Waals surface area (Å²) in [5, 5.41) is 4.96. The molecule has 150 valence electrons. The van der Waals surface area contributed by atoms with Crippen molar-refractivity contribution in [3.63, 3.8) is 0 Å². The van der Waals surface area contributed by atoms with Gasteiger partial charge in [-0.15, -0.1) is 0 Å². The molecular weight excluding hydrogens is 376 g/mol. The molecule has 0 atom stereocenters. The molecule has 30 heavy (non-hydrogen) atoms. The van der Waals surface area contributed by atoms with Gasteiger partial charge < -0.3 is 14.6 Å². The Morgan fingerprint density at radius 2 is 1.60 bits per heavy atom. The summed E-state index contributed by atoms with van der Waals surface area (Å²) in [7, 11) is 0. The van der Waals surface area contributed by atoms with Gasteiger partial charge in [0.25, 0.3) is 0 Å². The second-order valence-electron chi connectivity index (χ2n) is 7.06. The van der Waals surface area contributed by atoms with Gasteiger partial charge >= 0.3 is 0 Å². The third kappa shape index (κ3) is 4.75. The van der Waals surface area contributed by atoms with Crippen molar-refractivity contribution in [1.82, 2.24) is 4.90 Å². The van der Waals surface area contributed by atoms with Crippen molar-refractivity contribution in [1.29, 1.82) is 0 Å².